The maximum absolute atomic E-state index is 14.1. The molecule has 0 aliphatic carbocycles. The molecule has 2 fully saturated rings. The predicted molar refractivity (Wildman–Crippen MR) is 134 cm³/mol. The van der Waals surface area contributed by atoms with Crippen LogP contribution in [0.15, 0.2) is 59.6 Å². The molecule has 0 atom stereocenters. The Labute approximate surface area is 205 Å². The highest BCUT2D eigenvalue weighted by atomic mass is 32.2. The number of piperidine rings is 1. The molecular weight excluding hydrogens is 467 g/mol. The largest absolute Gasteiger partial charge is 0.366 e. The van der Waals surface area contributed by atoms with Crippen LogP contribution in [0.2, 0.25) is 0 Å². The number of amides is 1. The Kier molecular flexibility index (Phi) is 6.80. The van der Waals surface area contributed by atoms with Crippen molar-refractivity contribution in [1.29, 1.82) is 0 Å². The van der Waals surface area contributed by atoms with Crippen LogP contribution in [0.25, 0.3) is 10.9 Å². The summed E-state index contributed by atoms with van der Waals surface area (Å²) in [6, 6.07) is 13.9. The number of para-hydroxylation sites is 1. The summed E-state index contributed by atoms with van der Waals surface area (Å²) in [6.07, 6.45) is 5.16. The molecule has 0 saturated carbocycles. The molecule has 0 N–H and O–H groups in total. The Morgan fingerprint density at radius 3 is 2.37 bits per heavy atom. The number of sulfonamides is 1. The lowest BCUT2D eigenvalue weighted by Gasteiger charge is -2.36. The number of aromatic nitrogens is 1. The molecule has 0 bridgehead atoms. The van der Waals surface area contributed by atoms with Gasteiger partial charge in [-0.05, 0) is 49.2 Å². The topological polar surface area (TPSA) is 65.9 Å². The number of nitrogens with zero attached hydrogens (tertiary/aromatic N) is 4. The van der Waals surface area contributed by atoms with E-state index in [1.54, 1.807) is 28.6 Å². The Hall–Kier alpha value is -2.91. The summed E-state index contributed by atoms with van der Waals surface area (Å²) < 4.78 is 43.7. The van der Waals surface area contributed by atoms with Crippen LogP contribution in [0.4, 0.5) is 10.1 Å². The Bertz CT molecular complexity index is 1310. The van der Waals surface area contributed by atoms with E-state index in [1.807, 2.05) is 38.8 Å². The van der Waals surface area contributed by atoms with E-state index in [2.05, 4.69) is 0 Å². The van der Waals surface area contributed by atoms with Gasteiger partial charge in [0.15, 0.2) is 0 Å². The molecule has 2 aromatic carbocycles. The molecule has 0 spiro atoms. The highest BCUT2D eigenvalue weighted by Crippen LogP contribution is 2.25. The molecule has 3 aromatic rings. The number of fused-ring (bicyclic) bond motifs is 1. The van der Waals surface area contributed by atoms with E-state index in [9.17, 15) is 17.6 Å². The van der Waals surface area contributed by atoms with Crippen molar-refractivity contribution in [2.24, 2.45) is 0 Å². The minimum atomic E-state index is -3.48. The number of aryl methyl sites for hydroxylation is 1. The van der Waals surface area contributed by atoms with Crippen molar-refractivity contribution < 1.29 is 17.6 Å². The van der Waals surface area contributed by atoms with Crippen LogP contribution in [0.1, 0.15) is 25.7 Å². The smallest absolute Gasteiger partial charge is 0.243 e. The maximum Gasteiger partial charge on any atom is 0.243 e. The summed E-state index contributed by atoms with van der Waals surface area (Å²) in [5, 5.41) is 0.856. The second-order valence-electron chi connectivity index (χ2n) is 9.26. The van der Waals surface area contributed by atoms with Crippen molar-refractivity contribution in [3.63, 3.8) is 0 Å². The van der Waals surface area contributed by atoms with Crippen LogP contribution in [0.3, 0.4) is 0 Å². The van der Waals surface area contributed by atoms with Crippen molar-refractivity contribution >= 4 is 32.5 Å². The summed E-state index contributed by atoms with van der Waals surface area (Å²) in [7, 11) is -3.48. The van der Waals surface area contributed by atoms with Gasteiger partial charge in [0, 0.05) is 69.3 Å². The van der Waals surface area contributed by atoms with E-state index in [4.69, 9.17) is 0 Å². The Morgan fingerprint density at radius 1 is 0.886 bits per heavy atom. The van der Waals surface area contributed by atoms with Gasteiger partial charge in [0.1, 0.15) is 5.82 Å². The molecule has 7 nitrogen and oxygen atoms in total. The second-order valence-corrected chi connectivity index (χ2v) is 11.2. The first-order chi connectivity index (χ1) is 16.9. The van der Waals surface area contributed by atoms with E-state index in [1.165, 1.54) is 6.07 Å². The fourth-order valence-electron chi connectivity index (χ4n) is 5.07. The minimum absolute atomic E-state index is 0.0735. The second kappa shape index (κ2) is 9.99. The van der Waals surface area contributed by atoms with E-state index in [0.717, 1.165) is 30.2 Å². The van der Waals surface area contributed by atoms with Gasteiger partial charge < -0.3 is 14.4 Å². The minimum Gasteiger partial charge on any atom is -0.366 e. The zero-order valence-corrected chi connectivity index (χ0v) is 20.6. The van der Waals surface area contributed by atoms with Gasteiger partial charge in [0.2, 0.25) is 15.9 Å². The van der Waals surface area contributed by atoms with Gasteiger partial charge in [-0.2, -0.15) is 4.31 Å². The number of halogens is 1. The molecule has 2 saturated heterocycles. The lowest BCUT2D eigenvalue weighted by atomic mass is 10.2. The SMILES string of the molecule is O=C(CCn1ccc2cc(S(=O)(=O)N3CCCCC3)ccc21)N1CCN(c2ccccc2F)CC1. The normalized spacial score (nSPS) is 17.7. The van der Waals surface area contributed by atoms with Crippen molar-refractivity contribution in [1.82, 2.24) is 13.8 Å². The third-order valence-electron chi connectivity index (χ3n) is 7.09. The molecule has 3 heterocycles. The molecule has 9 heteroatoms. The van der Waals surface area contributed by atoms with Gasteiger partial charge in [0.25, 0.3) is 0 Å². The van der Waals surface area contributed by atoms with Crippen LogP contribution >= 0.6 is 0 Å². The number of carbonyl (C=O) groups excluding carboxylic acids is 1. The molecule has 2 aliphatic rings. The number of hydrogen-bond acceptors (Lipinski definition) is 4. The van der Waals surface area contributed by atoms with Crippen molar-refractivity contribution in [2.45, 2.75) is 37.1 Å². The van der Waals surface area contributed by atoms with Crippen LogP contribution in [-0.4, -0.2) is 67.4 Å². The first-order valence-corrected chi connectivity index (χ1v) is 13.7. The molecule has 0 radical (unpaired) electrons. The highest BCUT2D eigenvalue weighted by molar-refractivity contribution is 7.89. The van der Waals surface area contributed by atoms with Gasteiger partial charge in [0.05, 0.1) is 10.6 Å². The van der Waals surface area contributed by atoms with Gasteiger partial charge >= 0.3 is 0 Å². The summed E-state index contributed by atoms with van der Waals surface area (Å²) >= 11 is 0. The van der Waals surface area contributed by atoms with E-state index < -0.39 is 10.0 Å². The third-order valence-corrected chi connectivity index (χ3v) is 8.98. The third kappa shape index (κ3) is 4.92. The van der Waals surface area contributed by atoms with E-state index in [-0.39, 0.29) is 11.7 Å². The van der Waals surface area contributed by atoms with Crippen LogP contribution < -0.4 is 4.90 Å². The summed E-state index contributed by atoms with van der Waals surface area (Å²) in [4.78, 5) is 17.0. The zero-order valence-electron chi connectivity index (χ0n) is 19.8. The average Bonchev–Trinajstić information content (AvgIpc) is 3.30. The molecule has 1 aromatic heterocycles. The Balaban J connectivity index is 1.20. The first kappa shape index (κ1) is 23.8. The monoisotopic (exact) mass is 498 g/mol. The van der Waals surface area contributed by atoms with E-state index in [0.29, 0.717) is 62.8 Å². The van der Waals surface area contributed by atoms with Crippen molar-refractivity contribution in [3.8, 4) is 0 Å². The van der Waals surface area contributed by atoms with Crippen molar-refractivity contribution in [3.05, 3.63) is 60.5 Å². The zero-order chi connectivity index (χ0) is 24.4. The predicted octanol–water partition coefficient (Wildman–Crippen LogP) is 3.69. The van der Waals surface area contributed by atoms with Gasteiger partial charge in [-0.25, -0.2) is 12.8 Å². The quantitative estimate of drug-likeness (QED) is 0.520. The molecule has 0 unspecified atom stereocenters. The molecule has 1 amide bonds. The fourth-order valence-corrected chi connectivity index (χ4v) is 6.62. The molecule has 35 heavy (non-hydrogen) atoms. The van der Waals surface area contributed by atoms with Crippen molar-refractivity contribution in [2.75, 3.05) is 44.2 Å². The first-order valence-electron chi connectivity index (χ1n) is 12.3. The van der Waals surface area contributed by atoms with Crippen LogP contribution in [0.5, 0.6) is 0 Å². The standard InChI is InChI=1S/C26H31FN4O3S/c27-23-6-2-3-7-25(23)29-16-18-30(19-17-29)26(32)11-15-28-14-10-21-20-22(8-9-24(21)28)35(33,34)31-12-4-1-5-13-31/h2-3,6-10,14,20H,1,4-5,11-13,15-19H2. The highest BCUT2D eigenvalue weighted by Gasteiger charge is 2.26. The number of hydrogen-bond donors (Lipinski definition) is 0. The fraction of sp³-hybridized carbons (Fsp3) is 0.423. The summed E-state index contributed by atoms with van der Waals surface area (Å²) in [5.74, 6) is -0.164. The van der Waals surface area contributed by atoms with Crippen LogP contribution in [0, 0.1) is 5.82 Å². The van der Waals surface area contributed by atoms with Crippen LogP contribution in [-0.2, 0) is 21.4 Å². The van der Waals surface area contributed by atoms with Gasteiger partial charge in [-0.3, -0.25) is 4.79 Å². The number of piperazine rings is 1. The summed E-state index contributed by atoms with van der Waals surface area (Å²) in [6.45, 7) is 4.03. The number of carbonyl (C=O) groups is 1. The number of rotatable bonds is 6. The molecule has 5 rings (SSSR count). The summed E-state index contributed by atoms with van der Waals surface area (Å²) in [5.41, 5.74) is 1.50. The maximum atomic E-state index is 14.1. The van der Waals surface area contributed by atoms with E-state index >= 15 is 0 Å². The number of anilines is 1. The Morgan fingerprint density at radius 2 is 1.63 bits per heavy atom. The molecular formula is C26H31FN4O3S. The average molecular weight is 499 g/mol. The lowest BCUT2D eigenvalue weighted by Crippen LogP contribution is -2.49. The molecule has 2 aliphatic heterocycles. The molecule has 186 valence electrons. The number of benzene rings is 2. The van der Waals surface area contributed by atoms with Gasteiger partial charge in [-0.15, -0.1) is 0 Å². The van der Waals surface area contributed by atoms with Gasteiger partial charge in [-0.1, -0.05) is 18.6 Å². The lowest BCUT2D eigenvalue weighted by molar-refractivity contribution is -0.131.